The highest BCUT2D eigenvalue weighted by molar-refractivity contribution is 9.12. The van der Waals surface area contributed by atoms with Crippen molar-refractivity contribution in [2.75, 3.05) is 0 Å². The van der Waals surface area contributed by atoms with Crippen molar-refractivity contribution in [3.05, 3.63) is 10.5 Å². The average Bonchev–Trinajstić information content (AvgIpc) is 2.50. The molecule has 0 N–H and O–H groups in total. The highest BCUT2D eigenvalue weighted by Gasteiger charge is 2.36. The van der Waals surface area contributed by atoms with E-state index in [9.17, 15) is 0 Å². The molecule has 0 unspecified atom stereocenters. The molecule has 0 atom stereocenters. The molecule has 0 aromatic rings. The fourth-order valence-electron chi connectivity index (χ4n) is 4.40. The van der Waals surface area contributed by atoms with Crippen LogP contribution in [-0.4, -0.2) is 6.71 Å². The maximum absolute atomic E-state index is 4.01. The lowest BCUT2D eigenvalue weighted by molar-refractivity contribution is 0.464. The van der Waals surface area contributed by atoms with Gasteiger partial charge >= 0.3 is 0 Å². The summed E-state index contributed by atoms with van der Waals surface area (Å²) in [6.45, 7) is 3.15. The lowest BCUT2D eigenvalue weighted by Crippen LogP contribution is -2.30. The summed E-state index contributed by atoms with van der Waals surface area (Å²) in [5.41, 5.74) is 0. The minimum atomic E-state index is 0.854. The monoisotopic (exact) mass is 338 g/mol. The van der Waals surface area contributed by atoms with E-state index in [1.807, 2.05) is 0 Å². The summed E-state index contributed by atoms with van der Waals surface area (Å²) >= 11 is 4.01. The topological polar surface area (TPSA) is 0 Å². The van der Waals surface area contributed by atoms with Crippen molar-refractivity contribution in [2.24, 2.45) is 0 Å². The molecule has 2 rings (SSSR count). The average molecular weight is 339 g/mol. The molecule has 20 heavy (non-hydrogen) atoms. The fraction of sp³-hybridized carbons (Fsp3) is 0.889. The van der Waals surface area contributed by atoms with Crippen molar-refractivity contribution in [1.82, 2.24) is 0 Å². The SMILES string of the molecule is CCCC/C=C(\Br)B(C1CCCCC1)C1CCCCC1. The van der Waals surface area contributed by atoms with Crippen LogP contribution in [0.5, 0.6) is 0 Å². The van der Waals surface area contributed by atoms with E-state index in [4.69, 9.17) is 0 Å². The van der Waals surface area contributed by atoms with Gasteiger partial charge in [0.1, 0.15) is 0 Å². The Morgan fingerprint density at radius 1 is 0.950 bits per heavy atom. The van der Waals surface area contributed by atoms with Crippen LogP contribution in [0.3, 0.4) is 0 Å². The summed E-state index contributed by atoms with van der Waals surface area (Å²) in [6, 6.07) is 0. The molecular formula is C18H32BBr. The van der Waals surface area contributed by atoms with Crippen molar-refractivity contribution < 1.29 is 0 Å². The smallest absolute Gasteiger partial charge is 0.0833 e. The Balaban J connectivity index is 2.03. The second kappa shape index (κ2) is 9.33. The third-order valence-corrected chi connectivity index (χ3v) is 6.38. The first-order valence-corrected chi connectivity index (χ1v) is 9.97. The first-order valence-electron chi connectivity index (χ1n) is 9.18. The lowest BCUT2D eigenvalue weighted by Gasteiger charge is -2.35. The minimum Gasteiger partial charge on any atom is -0.0833 e. The summed E-state index contributed by atoms with van der Waals surface area (Å²) in [4.78, 5) is 0. The van der Waals surface area contributed by atoms with Crippen LogP contribution in [-0.2, 0) is 0 Å². The largest absolute Gasteiger partial charge is 0.191 e. The summed E-state index contributed by atoms with van der Waals surface area (Å²) in [5.74, 6) is 1.94. The van der Waals surface area contributed by atoms with Gasteiger partial charge in [-0.3, -0.25) is 0 Å². The predicted molar refractivity (Wildman–Crippen MR) is 96.0 cm³/mol. The summed E-state index contributed by atoms with van der Waals surface area (Å²) < 4.78 is 1.57. The van der Waals surface area contributed by atoms with Gasteiger partial charge in [-0.25, -0.2) is 0 Å². The van der Waals surface area contributed by atoms with Crippen molar-refractivity contribution in [3.8, 4) is 0 Å². The van der Waals surface area contributed by atoms with Gasteiger partial charge in [-0.05, 0) is 10.8 Å². The minimum absolute atomic E-state index is 0.854. The van der Waals surface area contributed by atoms with Crippen molar-refractivity contribution >= 4 is 22.6 Å². The summed E-state index contributed by atoms with van der Waals surface area (Å²) in [7, 11) is 0. The van der Waals surface area contributed by atoms with E-state index < -0.39 is 0 Å². The van der Waals surface area contributed by atoms with Gasteiger partial charge in [0.05, 0.1) is 0 Å². The van der Waals surface area contributed by atoms with E-state index in [-0.39, 0.29) is 0 Å². The van der Waals surface area contributed by atoms with Crippen LogP contribution in [0, 0.1) is 0 Å². The molecule has 2 fully saturated rings. The number of unbranched alkanes of at least 4 members (excludes halogenated alkanes) is 2. The van der Waals surface area contributed by atoms with Crippen LogP contribution >= 0.6 is 15.9 Å². The number of allylic oxidation sites excluding steroid dienone is 1. The van der Waals surface area contributed by atoms with E-state index in [1.165, 1.54) is 83.5 Å². The first kappa shape index (κ1) is 16.7. The Morgan fingerprint density at radius 3 is 1.90 bits per heavy atom. The molecule has 0 bridgehead atoms. The van der Waals surface area contributed by atoms with Crippen molar-refractivity contribution in [1.29, 1.82) is 0 Å². The molecule has 0 radical (unpaired) electrons. The third-order valence-electron chi connectivity index (χ3n) is 5.53. The maximum atomic E-state index is 4.01. The summed E-state index contributed by atoms with van der Waals surface area (Å²) in [5, 5.41) is 0. The number of hydrogen-bond acceptors (Lipinski definition) is 0. The van der Waals surface area contributed by atoms with Gasteiger partial charge in [0.25, 0.3) is 0 Å². The quantitative estimate of drug-likeness (QED) is 0.356. The van der Waals surface area contributed by atoms with Gasteiger partial charge < -0.3 is 0 Å². The van der Waals surface area contributed by atoms with Crippen molar-refractivity contribution in [2.45, 2.75) is 102 Å². The van der Waals surface area contributed by atoms with Gasteiger partial charge in [0.2, 0.25) is 0 Å². The molecule has 0 aliphatic heterocycles. The first-order chi connectivity index (χ1) is 9.83. The highest BCUT2D eigenvalue weighted by Crippen LogP contribution is 2.45. The number of hydrogen-bond donors (Lipinski definition) is 0. The van der Waals surface area contributed by atoms with Crippen LogP contribution in [0.4, 0.5) is 0 Å². The van der Waals surface area contributed by atoms with Crippen LogP contribution < -0.4 is 0 Å². The molecule has 114 valence electrons. The van der Waals surface area contributed by atoms with E-state index >= 15 is 0 Å². The molecule has 0 nitrogen and oxygen atoms in total. The van der Waals surface area contributed by atoms with Gasteiger partial charge in [-0.15, -0.1) is 0 Å². The second-order valence-electron chi connectivity index (χ2n) is 7.05. The Kier molecular flexibility index (Phi) is 7.77. The normalized spacial score (nSPS) is 23.0. The van der Waals surface area contributed by atoms with Gasteiger partial charge in [0.15, 0.2) is 6.71 Å². The molecule has 0 amide bonds. The van der Waals surface area contributed by atoms with Crippen LogP contribution in [0.25, 0.3) is 0 Å². The van der Waals surface area contributed by atoms with E-state index in [0.29, 0.717) is 0 Å². The molecule has 0 spiro atoms. The van der Waals surface area contributed by atoms with Gasteiger partial charge in [-0.1, -0.05) is 118 Å². The Bertz CT molecular complexity index is 270. The number of rotatable bonds is 6. The maximum Gasteiger partial charge on any atom is 0.191 e. The molecule has 2 heteroatoms. The van der Waals surface area contributed by atoms with Crippen LogP contribution in [0.2, 0.25) is 11.6 Å². The Labute approximate surface area is 135 Å². The molecule has 2 saturated carbocycles. The standard InChI is InChI=1S/C18H32BBr/c1-2-3-6-15-18(20)19(16-11-7-4-8-12-16)17-13-9-5-10-14-17/h15-17H,2-14H2,1H3/b18-15-. The molecule has 2 aliphatic rings. The molecule has 0 aromatic carbocycles. The lowest BCUT2D eigenvalue weighted by atomic mass is 9.30. The fourth-order valence-corrected chi connectivity index (χ4v) is 5.38. The Hall–Kier alpha value is 0.285. The van der Waals surface area contributed by atoms with Gasteiger partial charge in [-0.2, -0.15) is 0 Å². The van der Waals surface area contributed by atoms with E-state index in [0.717, 1.165) is 18.3 Å². The molecule has 0 aromatic heterocycles. The molecular weight excluding hydrogens is 307 g/mol. The van der Waals surface area contributed by atoms with Gasteiger partial charge in [0, 0.05) is 0 Å². The van der Waals surface area contributed by atoms with Crippen LogP contribution in [0.1, 0.15) is 90.4 Å². The zero-order valence-electron chi connectivity index (χ0n) is 13.4. The zero-order valence-corrected chi connectivity index (χ0v) is 15.0. The van der Waals surface area contributed by atoms with Crippen LogP contribution in [0.15, 0.2) is 10.5 Å². The number of halogens is 1. The highest BCUT2D eigenvalue weighted by atomic mass is 79.9. The van der Waals surface area contributed by atoms with E-state index in [2.05, 4.69) is 28.9 Å². The second-order valence-corrected chi connectivity index (χ2v) is 7.97. The summed E-state index contributed by atoms with van der Waals surface area (Å²) in [6.07, 6.45) is 21.2. The molecule has 0 heterocycles. The van der Waals surface area contributed by atoms with E-state index in [1.54, 1.807) is 4.38 Å². The molecule has 0 saturated heterocycles. The third kappa shape index (κ3) is 4.93. The Morgan fingerprint density at radius 2 is 1.45 bits per heavy atom. The molecule has 2 aliphatic carbocycles. The van der Waals surface area contributed by atoms with Crippen molar-refractivity contribution in [3.63, 3.8) is 0 Å². The zero-order chi connectivity index (χ0) is 14.2. The predicted octanol–water partition coefficient (Wildman–Crippen LogP) is 7.16.